The lowest BCUT2D eigenvalue weighted by molar-refractivity contribution is -0.117. The van der Waals surface area contributed by atoms with Gasteiger partial charge in [0.1, 0.15) is 5.75 Å². The number of thioether (sulfide) groups is 1. The number of rotatable bonds is 6. The van der Waals surface area contributed by atoms with Gasteiger partial charge in [-0.3, -0.25) is 14.9 Å². The molecule has 2 aromatic rings. The molecule has 8 heteroatoms. The van der Waals surface area contributed by atoms with Crippen molar-refractivity contribution in [2.45, 2.75) is 24.0 Å². The number of ether oxygens (including phenoxy) is 1. The van der Waals surface area contributed by atoms with Crippen LogP contribution in [0.3, 0.4) is 0 Å². The highest BCUT2D eigenvalue weighted by Gasteiger charge is 2.29. The molecule has 3 rings (SSSR count). The quantitative estimate of drug-likeness (QED) is 0.808. The Morgan fingerprint density at radius 2 is 2.13 bits per heavy atom. The molecule has 1 N–H and O–H groups in total. The molecule has 2 amide bonds. The van der Waals surface area contributed by atoms with Gasteiger partial charge in [-0.25, -0.2) is 0 Å². The maximum absolute atomic E-state index is 12.1. The standard InChI is InChI=1S/C15H15N3O4S/c1-21-11-5-3-2-4-10(11)13(20)16-12(19)8-23-15-18-17-14(22-15)9-6-7-9/h2-5,9H,6-8H2,1H3,(H,16,19,20). The van der Waals surface area contributed by atoms with Gasteiger partial charge in [0.25, 0.3) is 11.1 Å². The Morgan fingerprint density at radius 1 is 1.35 bits per heavy atom. The van der Waals surface area contributed by atoms with E-state index in [9.17, 15) is 9.59 Å². The van der Waals surface area contributed by atoms with E-state index in [1.54, 1.807) is 24.3 Å². The van der Waals surface area contributed by atoms with Crippen LogP contribution in [0.1, 0.15) is 35.0 Å². The van der Waals surface area contributed by atoms with Gasteiger partial charge in [0.05, 0.1) is 18.4 Å². The minimum absolute atomic E-state index is 0.0210. The summed E-state index contributed by atoms with van der Waals surface area (Å²) in [7, 11) is 1.47. The lowest BCUT2D eigenvalue weighted by atomic mass is 10.2. The first-order chi connectivity index (χ1) is 11.2. The van der Waals surface area contributed by atoms with Crippen LogP contribution in [0.25, 0.3) is 0 Å². The van der Waals surface area contributed by atoms with Crippen LogP contribution in [0.15, 0.2) is 33.9 Å². The number of amides is 2. The van der Waals surface area contributed by atoms with Crippen molar-refractivity contribution in [3.63, 3.8) is 0 Å². The molecule has 1 saturated carbocycles. The fourth-order valence-corrected chi connectivity index (χ4v) is 2.53. The second-order valence-electron chi connectivity index (χ2n) is 5.05. The second kappa shape index (κ2) is 6.82. The monoisotopic (exact) mass is 333 g/mol. The highest BCUT2D eigenvalue weighted by Crippen LogP contribution is 2.39. The van der Waals surface area contributed by atoms with Gasteiger partial charge in [0.15, 0.2) is 0 Å². The zero-order valence-electron chi connectivity index (χ0n) is 12.4. The number of hydrogen-bond acceptors (Lipinski definition) is 7. The summed E-state index contributed by atoms with van der Waals surface area (Å²) in [6.45, 7) is 0. The van der Waals surface area contributed by atoms with Crippen LogP contribution in [0.4, 0.5) is 0 Å². The van der Waals surface area contributed by atoms with E-state index in [0.29, 0.717) is 28.3 Å². The van der Waals surface area contributed by atoms with Crippen LogP contribution in [0.5, 0.6) is 5.75 Å². The van der Waals surface area contributed by atoms with Crippen LogP contribution < -0.4 is 10.1 Å². The van der Waals surface area contributed by atoms with Gasteiger partial charge >= 0.3 is 0 Å². The fraction of sp³-hybridized carbons (Fsp3) is 0.333. The molecule has 23 heavy (non-hydrogen) atoms. The van der Waals surface area contributed by atoms with Crippen LogP contribution in [-0.4, -0.2) is 34.9 Å². The van der Waals surface area contributed by atoms with Gasteiger partial charge in [-0.2, -0.15) is 0 Å². The number of hydrogen-bond donors (Lipinski definition) is 1. The number of methoxy groups -OCH3 is 1. The summed E-state index contributed by atoms with van der Waals surface area (Å²) in [6, 6.07) is 6.70. The molecule has 0 bridgehead atoms. The van der Waals surface area contributed by atoms with Crippen LogP contribution in [0, 0.1) is 0 Å². The van der Waals surface area contributed by atoms with Crippen molar-refractivity contribution < 1.29 is 18.7 Å². The van der Waals surface area contributed by atoms with Gasteiger partial charge in [-0.15, -0.1) is 10.2 Å². The lowest BCUT2D eigenvalue weighted by Gasteiger charge is -2.07. The molecule has 1 aromatic heterocycles. The predicted octanol–water partition coefficient (Wildman–Crippen LogP) is 2.00. The number of benzene rings is 1. The van der Waals surface area contributed by atoms with E-state index in [1.807, 2.05) is 0 Å². The van der Waals surface area contributed by atoms with Gasteiger partial charge in [0.2, 0.25) is 11.8 Å². The first kappa shape index (κ1) is 15.5. The molecule has 0 aliphatic heterocycles. The topological polar surface area (TPSA) is 94.3 Å². The normalized spacial score (nSPS) is 13.6. The summed E-state index contributed by atoms with van der Waals surface area (Å²) in [5.41, 5.74) is 0.308. The highest BCUT2D eigenvalue weighted by molar-refractivity contribution is 7.99. The minimum atomic E-state index is -0.503. The molecule has 0 saturated heterocycles. The van der Waals surface area contributed by atoms with E-state index in [2.05, 4.69) is 15.5 Å². The van der Waals surface area contributed by atoms with Crippen molar-refractivity contribution >= 4 is 23.6 Å². The highest BCUT2D eigenvalue weighted by atomic mass is 32.2. The third-order valence-corrected chi connectivity index (χ3v) is 4.10. The van der Waals surface area contributed by atoms with E-state index in [1.165, 1.54) is 7.11 Å². The predicted molar refractivity (Wildman–Crippen MR) is 82.5 cm³/mol. The van der Waals surface area contributed by atoms with Gasteiger partial charge in [0, 0.05) is 5.92 Å². The third kappa shape index (κ3) is 3.89. The summed E-state index contributed by atoms with van der Waals surface area (Å²) in [5.74, 6) is 0.495. The summed E-state index contributed by atoms with van der Waals surface area (Å²) in [6.07, 6.45) is 2.14. The van der Waals surface area contributed by atoms with E-state index in [0.717, 1.165) is 24.6 Å². The maximum Gasteiger partial charge on any atom is 0.277 e. The average molecular weight is 333 g/mol. The van der Waals surface area contributed by atoms with Crippen LogP contribution in [-0.2, 0) is 4.79 Å². The Hall–Kier alpha value is -2.35. The Kier molecular flexibility index (Phi) is 4.61. The SMILES string of the molecule is COc1ccccc1C(=O)NC(=O)CSc1nnc(C2CC2)o1. The van der Waals surface area contributed by atoms with Gasteiger partial charge < -0.3 is 9.15 Å². The molecule has 1 heterocycles. The van der Waals surface area contributed by atoms with E-state index < -0.39 is 11.8 Å². The smallest absolute Gasteiger partial charge is 0.277 e. The third-order valence-electron chi connectivity index (χ3n) is 3.28. The molecule has 0 unspecified atom stereocenters. The first-order valence-electron chi connectivity index (χ1n) is 7.10. The molecular formula is C15H15N3O4S. The summed E-state index contributed by atoms with van der Waals surface area (Å²) in [5, 5.41) is 10.5. The van der Waals surface area contributed by atoms with Crippen molar-refractivity contribution in [2.75, 3.05) is 12.9 Å². The second-order valence-corrected chi connectivity index (χ2v) is 5.97. The number of carbonyl (C=O) groups is 2. The molecule has 1 aromatic carbocycles. The molecule has 0 atom stereocenters. The number of carbonyl (C=O) groups excluding carboxylic acids is 2. The Bertz CT molecular complexity index is 727. The fourth-order valence-electron chi connectivity index (χ4n) is 1.96. The summed E-state index contributed by atoms with van der Waals surface area (Å²) in [4.78, 5) is 23.9. The van der Waals surface area contributed by atoms with E-state index in [-0.39, 0.29) is 5.75 Å². The summed E-state index contributed by atoms with van der Waals surface area (Å²) >= 11 is 1.11. The van der Waals surface area contributed by atoms with Crippen LogP contribution in [0.2, 0.25) is 0 Å². The van der Waals surface area contributed by atoms with Gasteiger partial charge in [-0.05, 0) is 25.0 Å². The molecule has 1 fully saturated rings. The Labute approximate surface area is 136 Å². The molecular weight excluding hydrogens is 318 g/mol. The first-order valence-corrected chi connectivity index (χ1v) is 8.09. The van der Waals surface area contributed by atoms with Crippen molar-refractivity contribution in [1.82, 2.24) is 15.5 Å². The van der Waals surface area contributed by atoms with Crippen molar-refractivity contribution in [2.24, 2.45) is 0 Å². The number of aromatic nitrogens is 2. The van der Waals surface area contributed by atoms with E-state index in [4.69, 9.17) is 9.15 Å². The molecule has 0 spiro atoms. The van der Waals surface area contributed by atoms with Crippen molar-refractivity contribution in [3.05, 3.63) is 35.7 Å². The number of imide groups is 1. The summed E-state index contributed by atoms with van der Waals surface area (Å²) < 4.78 is 10.5. The lowest BCUT2D eigenvalue weighted by Crippen LogP contribution is -2.32. The maximum atomic E-state index is 12.1. The molecule has 1 aliphatic rings. The molecule has 7 nitrogen and oxygen atoms in total. The van der Waals surface area contributed by atoms with E-state index >= 15 is 0 Å². The zero-order chi connectivity index (χ0) is 16.2. The van der Waals surface area contributed by atoms with Gasteiger partial charge in [-0.1, -0.05) is 23.9 Å². The minimum Gasteiger partial charge on any atom is -0.496 e. The van der Waals surface area contributed by atoms with Crippen molar-refractivity contribution in [1.29, 1.82) is 0 Å². The van der Waals surface area contributed by atoms with Crippen LogP contribution >= 0.6 is 11.8 Å². The van der Waals surface area contributed by atoms with Crippen molar-refractivity contribution in [3.8, 4) is 5.75 Å². The number of para-hydroxylation sites is 1. The number of nitrogens with one attached hydrogen (secondary N) is 1. The Balaban J connectivity index is 1.52. The molecule has 0 radical (unpaired) electrons. The Morgan fingerprint density at radius 3 is 2.87 bits per heavy atom. The molecule has 120 valence electrons. The number of nitrogens with zero attached hydrogens (tertiary/aromatic N) is 2. The largest absolute Gasteiger partial charge is 0.496 e. The average Bonchev–Trinajstić information content (AvgIpc) is 3.31. The molecule has 1 aliphatic carbocycles. The zero-order valence-corrected chi connectivity index (χ0v) is 13.3.